The molecular formula is C24H31N2+. The zero-order valence-corrected chi connectivity index (χ0v) is 17.2. The van der Waals surface area contributed by atoms with Crippen molar-refractivity contribution in [1.29, 1.82) is 0 Å². The highest BCUT2D eigenvalue weighted by molar-refractivity contribution is 5.71. The molecule has 26 heavy (non-hydrogen) atoms. The molecule has 0 bridgehead atoms. The first-order valence-corrected chi connectivity index (χ1v) is 9.62. The van der Waals surface area contributed by atoms with Crippen LogP contribution in [0.5, 0.6) is 0 Å². The van der Waals surface area contributed by atoms with Gasteiger partial charge in [-0.1, -0.05) is 54.9 Å². The average Bonchev–Trinajstić information content (AvgIpc) is 2.92. The SMILES string of the molecule is Cc1cccc(C)c1-c1c[n+](-c2ccccc2C(C)C)n(C(C)C)c1C. The Morgan fingerprint density at radius 3 is 2.00 bits per heavy atom. The van der Waals surface area contributed by atoms with Crippen LogP contribution in [0.2, 0.25) is 0 Å². The molecule has 0 aliphatic heterocycles. The minimum absolute atomic E-state index is 0.383. The lowest BCUT2D eigenvalue weighted by Gasteiger charge is -2.12. The second kappa shape index (κ2) is 7.11. The number of benzene rings is 2. The van der Waals surface area contributed by atoms with E-state index in [2.05, 4.69) is 106 Å². The van der Waals surface area contributed by atoms with Crippen LogP contribution in [0.25, 0.3) is 16.8 Å². The Morgan fingerprint density at radius 1 is 0.808 bits per heavy atom. The Labute approximate surface area is 158 Å². The predicted molar refractivity (Wildman–Crippen MR) is 110 cm³/mol. The van der Waals surface area contributed by atoms with E-state index >= 15 is 0 Å². The highest BCUT2D eigenvalue weighted by Crippen LogP contribution is 2.31. The van der Waals surface area contributed by atoms with Gasteiger partial charge in [0.25, 0.3) is 0 Å². The molecule has 1 heterocycles. The molecule has 0 aliphatic rings. The standard InChI is InChI=1S/C24H31N2/c1-16(2)21-13-8-9-14-23(21)25-15-22(20(7)26(25)17(3)4)24-18(5)11-10-12-19(24)6/h8-17H,1-7H3/q+1. The minimum Gasteiger partial charge on any atom is -0.149 e. The molecule has 0 unspecified atom stereocenters. The highest BCUT2D eigenvalue weighted by Gasteiger charge is 2.27. The summed E-state index contributed by atoms with van der Waals surface area (Å²) in [5, 5.41) is 0. The van der Waals surface area contributed by atoms with Crippen LogP contribution < -0.4 is 4.68 Å². The molecule has 1 aromatic heterocycles. The summed E-state index contributed by atoms with van der Waals surface area (Å²) >= 11 is 0. The molecule has 0 atom stereocenters. The molecule has 0 radical (unpaired) electrons. The third-order valence-corrected chi connectivity index (χ3v) is 5.26. The molecule has 2 aromatic carbocycles. The quantitative estimate of drug-likeness (QED) is 0.507. The van der Waals surface area contributed by atoms with Crippen LogP contribution in [0.4, 0.5) is 0 Å². The van der Waals surface area contributed by atoms with Crippen molar-refractivity contribution in [3.63, 3.8) is 0 Å². The first-order chi connectivity index (χ1) is 12.3. The second-order valence-electron chi connectivity index (χ2n) is 7.89. The maximum atomic E-state index is 2.42. The van der Waals surface area contributed by atoms with Crippen LogP contribution in [0, 0.1) is 20.8 Å². The predicted octanol–water partition coefficient (Wildman–Crippen LogP) is 6.06. The number of hydrogen-bond donors (Lipinski definition) is 0. The largest absolute Gasteiger partial charge is 0.239 e. The number of nitrogens with zero attached hydrogens (tertiary/aromatic N) is 2. The summed E-state index contributed by atoms with van der Waals surface area (Å²) < 4.78 is 4.78. The first-order valence-electron chi connectivity index (χ1n) is 9.62. The van der Waals surface area contributed by atoms with Gasteiger partial charge < -0.3 is 0 Å². The van der Waals surface area contributed by atoms with Crippen molar-refractivity contribution >= 4 is 0 Å². The molecule has 3 aromatic rings. The highest BCUT2D eigenvalue weighted by atomic mass is 15.4. The summed E-state index contributed by atoms with van der Waals surface area (Å²) in [6, 6.07) is 15.7. The summed E-state index contributed by atoms with van der Waals surface area (Å²) in [5.74, 6) is 0.484. The van der Waals surface area contributed by atoms with E-state index in [4.69, 9.17) is 0 Å². The van der Waals surface area contributed by atoms with Crippen LogP contribution in [-0.4, -0.2) is 4.68 Å². The third kappa shape index (κ3) is 3.09. The van der Waals surface area contributed by atoms with Gasteiger partial charge in [-0.25, -0.2) is 0 Å². The molecule has 2 heteroatoms. The maximum absolute atomic E-state index is 2.42. The number of aromatic nitrogens is 2. The van der Waals surface area contributed by atoms with Gasteiger partial charge in [0.05, 0.1) is 17.3 Å². The van der Waals surface area contributed by atoms with Crippen LogP contribution in [0.15, 0.2) is 48.7 Å². The van der Waals surface area contributed by atoms with Crippen molar-refractivity contribution < 1.29 is 4.68 Å². The van der Waals surface area contributed by atoms with E-state index in [1.807, 2.05) is 0 Å². The summed E-state index contributed by atoms with van der Waals surface area (Å²) in [6.45, 7) is 15.7. The fraction of sp³-hybridized carbons (Fsp3) is 0.375. The molecule has 0 fully saturated rings. The Bertz CT molecular complexity index is 909. The van der Waals surface area contributed by atoms with E-state index in [1.54, 1.807) is 0 Å². The second-order valence-corrected chi connectivity index (χ2v) is 7.89. The maximum Gasteiger partial charge on any atom is 0.239 e. The fourth-order valence-electron chi connectivity index (χ4n) is 4.05. The molecule has 0 amide bonds. The van der Waals surface area contributed by atoms with E-state index < -0.39 is 0 Å². The van der Waals surface area contributed by atoms with E-state index in [0.717, 1.165) is 0 Å². The van der Waals surface area contributed by atoms with Gasteiger partial charge in [-0.3, -0.25) is 0 Å². The molecule has 0 saturated carbocycles. The van der Waals surface area contributed by atoms with Gasteiger partial charge in [-0.2, -0.15) is 0 Å². The van der Waals surface area contributed by atoms with E-state index in [0.29, 0.717) is 12.0 Å². The van der Waals surface area contributed by atoms with Crippen molar-refractivity contribution in [3.8, 4) is 16.8 Å². The lowest BCUT2D eigenvalue weighted by Crippen LogP contribution is -2.42. The molecular weight excluding hydrogens is 316 g/mol. The van der Waals surface area contributed by atoms with E-state index in [9.17, 15) is 0 Å². The van der Waals surface area contributed by atoms with Crippen LogP contribution >= 0.6 is 0 Å². The normalized spacial score (nSPS) is 11.6. The summed E-state index contributed by atoms with van der Waals surface area (Å²) in [7, 11) is 0. The Balaban J connectivity index is 2.33. The number of aryl methyl sites for hydroxylation is 2. The van der Waals surface area contributed by atoms with Gasteiger partial charge >= 0.3 is 0 Å². The smallest absolute Gasteiger partial charge is 0.149 e. The van der Waals surface area contributed by atoms with Crippen molar-refractivity contribution in [2.75, 3.05) is 0 Å². The van der Waals surface area contributed by atoms with Gasteiger partial charge in [-0.05, 0) is 57.2 Å². The number of rotatable bonds is 4. The summed E-state index contributed by atoms with van der Waals surface area (Å²) in [5.41, 5.74) is 9.32. The molecule has 3 rings (SSSR count). The average molecular weight is 348 g/mol. The Hall–Kier alpha value is -2.35. The van der Waals surface area contributed by atoms with Gasteiger partial charge in [0, 0.05) is 11.6 Å². The Morgan fingerprint density at radius 2 is 1.42 bits per heavy atom. The molecule has 0 saturated heterocycles. The van der Waals surface area contributed by atoms with E-state index in [1.165, 1.54) is 39.2 Å². The van der Waals surface area contributed by atoms with Crippen LogP contribution in [0.1, 0.15) is 62.0 Å². The first kappa shape index (κ1) is 18.4. The fourth-order valence-corrected chi connectivity index (χ4v) is 4.05. The monoisotopic (exact) mass is 347 g/mol. The zero-order valence-electron chi connectivity index (χ0n) is 17.2. The van der Waals surface area contributed by atoms with Crippen molar-refractivity contribution in [3.05, 3.63) is 71.0 Å². The number of hydrogen-bond acceptors (Lipinski definition) is 0. The summed E-state index contributed by atoms with van der Waals surface area (Å²) in [6.07, 6.45) is 2.33. The summed E-state index contributed by atoms with van der Waals surface area (Å²) in [4.78, 5) is 0. The van der Waals surface area contributed by atoms with Crippen LogP contribution in [-0.2, 0) is 0 Å². The minimum atomic E-state index is 0.383. The van der Waals surface area contributed by atoms with Gasteiger partial charge in [-0.15, -0.1) is 4.68 Å². The van der Waals surface area contributed by atoms with E-state index in [-0.39, 0.29) is 0 Å². The van der Waals surface area contributed by atoms with Gasteiger partial charge in [0.2, 0.25) is 11.9 Å². The molecule has 136 valence electrons. The molecule has 0 N–H and O–H groups in total. The lowest BCUT2D eigenvalue weighted by molar-refractivity contribution is -0.688. The molecule has 0 spiro atoms. The third-order valence-electron chi connectivity index (χ3n) is 5.26. The molecule has 0 aliphatic carbocycles. The van der Waals surface area contributed by atoms with Crippen molar-refractivity contribution in [1.82, 2.24) is 4.68 Å². The Kier molecular flexibility index (Phi) is 5.04. The van der Waals surface area contributed by atoms with Crippen molar-refractivity contribution in [2.45, 2.75) is 60.4 Å². The van der Waals surface area contributed by atoms with Gasteiger partial charge in [0.15, 0.2) is 0 Å². The molecule has 2 nitrogen and oxygen atoms in total. The zero-order chi connectivity index (χ0) is 19.0. The van der Waals surface area contributed by atoms with Crippen molar-refractivity contribution in [2.24, 2.45) is 0 Å². The van der Waals surface area contributed by atoms with Gasteiger partial charge in [0.1, 0.15) is 0 Å². The number of para-hydroxylation sites is 1. The topological polar surface area (TPSA) is 8.81 Å². The van der Waals surface area contributed by atoms with Crippen LogP contribution in [0.3, 0.4) is 0 Å². The lowest BCUT2D eigenvalue weighted by atomic mass is 9.96.